The highest BCUT2D eigenvalue weighted by atomic mass is 32.1. The van der Waals surface area contributed by atoms with Gasteiger partial charge in [0.1, 0.15) is 5.82 Å². The van der Waals surface area contributed by atoms with Gasteiger partial charge in [-0.05, 0) is 54.8 Å². The van der Waals surface area contributed by atoms with Gasteiger partial charge in [-0.15, -0.1) is 11.3 Å². The molecule has 0 spiro atoms. The Hall–Kier alpha value is -1.65. The van der Waals surface area contributed by atoms with Crippen molar-refractivity contribution in [1.82, 2.24) is 14.9 Å². The Bertz CT molecular complexity index is 802. The van der Waals surface area contributed by atoms with Crippen LogP contribution in [-0.4, -0.2) is 9.55 Å². The van der Waals surface area contributed by atoms with Gasteiger partial charge in [-0.1, -0.05) is 19.1 Å². The van der Waals surface area contributed by atoms with E-state index in [1.165, 1.54) is 30.3 Å². The molecule has 3 nitrogen and oxygen atoms in total. The Labute approximate surface area is 141 Å². The smallest absolute Gasteiger partial charge is 0.123 e. The fourth-order valence-corrected chi connectivity index (χ4v) is 4.63. The van der Waals surface area contributed by atoms with E-state index in [9.17, 15) is 0 Å². The molecule has 2 heterocycles. The molecule has 3 aromatic rings. The zero-order valence-electron chi connectivity index (χ0n) is 13.6. The van der Waals surface area contributed by atoms with Crippen molar-refractivity contribution in [3.05, 3.63) is 52.0 Å². The molecule has 0 saturated heterocycles. The van der Waals surface area contributed by atoms with Crippen LogP contribution in [0.25, 0.3) is 11.0 Å². The maximum Gasteiger partial charge on any atom is 0.123 e. The van der Waals surface area contributed by atoms with Crippen molar-refractivity contribution in [2.24, 2.45) is 0 Å². The van der Waals surface area contributed by atoms with Gasteiger partial charge in [-0.2, -0.15) is 0 Å². The highest BCUT2D eigenvalue weighted by Crippen LogP contribution is 2.33. The molecule has 1 N–H and O–H groups in total. The third-order valence-corrected chi connectivity index (χ3v) is 5.74. The van der Waals surface area contributed by atoms with Gasteiger partial charge in [0, 0.05) is 17.5 Å². The molecule has 1 aromatic carbocycles. The lowest BCUT2D eigenvalue weighted by Gasteiger charge is -2.23. The summed E-state index contributed by atoms with van der Waals surface area (Å²) in [5, 5.41) is 6.00. The van der Waals surface area contributed by atoms with Crippen LogP contribution in [0.15, 0.2) is 35.7 Å². The molecule has 0 saturated carbocycles. The topological polar surface area (TPSA) is 29.9 Å². The molecule has 120 valence electrons. The lowest BCUT2D eigenvalue weighted by molar-refractivity contribution is 0.450. The van der Waals surface area contributed by atoms with Crippen molar-refractivity contribution in [1.29, 1.82) is 0 Å². The summed E-state index contributed by atoms with van der Waals surface area (Å²) in [6.07, 6.45) is 4.90. The van der Waals surface area contributed by atoms with E-state index >= 15 is 0 Å². The second-order valence-corrected chi connectivity index (χ2v) is 7.29. The molecule has 0 fully saturated rings. The average Bonchev–Trinajstić information content (AvgIpc) is 3.18. The third kappa shape index (κ3) is 2.81. The molecule has 23 heavy (non-hydrogen) atoms. The first-order chi connectivity index (χ1) is 11.4. The molecule has 4 rings (SSSR count). The minimum absolute atomic E-state index is 0.486. The van der Waals surface area contributed by atoms with Crippen LogP contribution in [0.1, 0.15) is 48.5 Å². The Morgan fingerprint density at radius 3 is 3.13 bits per heavy atom. The number of fused-ring (bicyclic) bond motifs is 2. The van der Waals surface area contributed by atoms with Gasteiger partial charge in [-0.3, -0.25) is 0 Å². The van der Waals surface area contributed by atoms with Gasteiger partial charge in [0.25, 0.3) is 0 Å². The summed E-state index contributed by atoms with van der Waals surface area (Å²) >= 11 is 1.91. The predicted molar refractivity (Wildman–Crippen MR) is 96.9 cm³/mol. The summed E-state index contributed by atoms with van der Waals surface area (Å²) in [6.45, 7) is 4.10. The van der Waals surface area contributed by atoms with Crippen molar-refractivity contribution in [3.8, 4) is 0 Å². The molecule has 2 aromatic heterocycles. The Balaban J connectivity index is 1.58. The number of nitrogens with one attached hydrogen (secondary N) is 1. The van der Waals surface area contributed by atoms with E-state index < -0.39 is 0 Å². The molecular weight excluding hydrogens is 302 g/mol. The minimum atomic E-state index is 0.486. The van der Waals surface area contributed by atoms with Crippen LogP contribution in [0.4, 0.5) is 0 Å². The van der Waals surface area contributed by atoms with Crippen LogP contribution >= 0.6 is 11.3 Å². The number of thiophene rings is 1. The third-order valence-electron chi connectivity index (χ3n) is 4.74. The molecule has 1 aliphatic carbocycles. The molecule has 0 amide bonds. The van der Waals surface area contributed by atoms with E-state index in [0.29, 0.717) is 6.04 Å². The van der Waals surface area contributed by atoms with Crippen LogP contribution in [-0.2, 0) is 19.5 Å². The first kappa shape index (κ1) is 14.9. The fraction of sp³-hybridized carbons (Fsp3) is 0.421. The Kier molecular flexibility index (Phi) is 4.19. The van der Waals surface area contributed by atoms with E-state index in [0.717, 1.165) is 30.9 Å². The molecular formula is C19H23N3S. The molecule has 4 heteroatoms. The van der Waals surface area contributed by atoms with Crippen LogP contribution in [0.2, 0.25) is 0 Å². The van der Waals surface area contributed by atoms with E-state index in [1.54, 1.807) is 4.88 Å². The Morgan fingerprint density at radius 2 is 2.22 bits per heavy atom. The zero-order chi connectivity index (χ0) is 15.6. The van der Waals surface area contributed by atoms with Crippen molar-refractivity contribution in [2.45, 2.75) is 51.7 Å². The number of benzene rings is 1. The predicted octanol–water partition coefficient (Wildman–Crippen LogP) is 4.68. The van der Waals surface area contributed by atoms with Gasteiger partial charge in [-0.25, -0.2) is 4.98 Å². The van der Waals surface area contributed by atoms with Crippen molar-refractivity contribution >= 4 is 22.4 Å². The average molecular weight is 325 g/mol. The normalized spacial score (nSPS) is 17.5. The molecule has 1 unspecified atom stereocenters. The summed E-state index contributed by atoms with van der Waals surface area (Å²) in [6, 6.07) is 11.3. The van der Waals surface area contributed by atoms with E-state index in [2.05, 4.69) is 52.5 Å². The Morgan fingerprint density at radius 1 is 1.30 bits per heavy atom. The summed E-state index contributed by atoms with van der Waals surface area (Å²) < 4.78 is 2.37. The first-order valence-electron chi connectivity index (χ1n) is 8.60. The number of hydrogen-bond acceptors (Lipinski definition) is 3. The number of rotatable bonds is 5. The highest BCUT2D eigenvalue weighted by Gasteiger charge is 2.21. The second kappa shape index (κ2) is 6.46. The zero-order valence-corrected chi connectivity index (χ0v) is 14.4. The van der Waals surface area contributed by atoms with Gasteiger partial charge in [0.05, 0.1) is 17.6 Å². The van der Waals surface area contributed by atoms with E-state index in [1.807, 2.05) is 11.3 Å². The highest BCUT2D eigenvalue weighted by molar-refractivity contribution is 7.10. The molecule has 0 radical (unpaired) electrons. The first-order valence-corrected chi connectivity index (χ1v) is 9.48. The second-order valence-electron chi connectivity index (χ2n) is 6.29. The fourth-order valence-electron chi connectivity index (χ4n) is 3.65. The molecule has 1 atom stereocenters. The quantitative estimate of drug-likeness (QED) is 0.738. The summed E-state index contributed by atoms with van der Waals surface area (Å²) in [7, 11) is 0. The van der Waals surface area contributed by atoms with Crippen molar-refractivity contribution < 1.29 is 0 Å². The number of nitrogens with zero attached hydrogens (tertiary/aromatic N) is 2. The molecule has 0 aliphatic heterocycles. The van der Waals surface area contributed by atoms with E-state index in [-0.39, 0.29) is 0 Å². The molecule has 0 bridgehead atoms. The standard InChI is InChI=1S/C19H23N3S/c1-2-11-22-17-8-4-3-6-16(17)21-19(22)13-20-15-7-5-9-18-14(15)10-12-23-18/h3-4,6,8,10,12,15,20H,2,5,7,9,11,13H2,1H3. The number of aryl methyl sites for hydroxylation is 2. The largest absolute Gasteiger partial charge is 0.327 e. The van der Waals surface area contributed by atoms with Crippen molar-refractivity contribution in [3.63, 3.8) is 0 Å². The maximum absolute atomic E-state index is 4.86. The van der Waals surface area contributed by atoms with E-state index in [4.69, 9.17) is 4.98 Å². The minimum Gasteiger partial charge on any atom is -0.327 e. The van der Waals surface area contributed by atoms with Crippen LogP contribution in [0, 0.1) is 0 Å². The lowest BCUT2D eigenvalue weighted by Crippen LogP contribution is -2.25. The summed E-state index contributed by atoms with van der Waals surface area (Å²) in [4.78, 5) is 6.43. The summed E-state index contributed by atoms with van der Waals surface area (Å²) in [5.74, 6) is 1.16. The van der Waals surface area contributed by atoms with Crippen LogP contribution < -0.4 is 5.32 Å². The number of imidazole rings is 1. The monoisotopic (exact) mass is 325 g/mol. The van der Waals surface area contributed by atoms with Gasteiger partial charge < -0.3 is 9.88 Å². The van der Waals surface area contributed by atoms with Crippen LogP contribution in [0.3, 0.4) is 0 Å². The van der Waals surface area contributed by atoms with Gasteiger partial charge in [0.15, 0.2) is 0 Å². The summed E-state index contributed by atoms with van der Waals surface area (Å²) in [5.41, 5.74) is 3.88. The number of aromatic nitrogens is 2. The van der Waals surface area contributed by atoms with Crippen LogP contribution in [0.5, 0.6) is 0 Å². The van der Waals surface area contributed by atoms with Gasteiger partial charge in [0.2, 0.25) is 0 Å². The lowest BCUT2D eigenvalue weighted by atomic mass is 9.94. The van der Waals surface area contributed by atoms with Crippen molar-refractivity contribution in [2.75, 3.05) is 0 Å². The molecule has 1 aliphatic rings. The SMILES string of the molecule is CCCn1c(CNC2CCCc3sccc32)nc2ccccc21. The number of hydrogen-bond donors (Lipinski definition) is 1. The number of para-hydroxylation sites is 2. The maximum atomic E-state index is 4.86. The van der Waals surface area contributed by atoms with Gasteiger partial charge >= 0.3 is 0 Å².